The Bertz CT molecular complexity index is 926. The summed E-state index contributed by atoms with van der Waals surface area (Å²) in [5, 5.41) is 2.90. The Balaban J connectivity index is 1.60. The van der Waals surface area contributed by atoms with Gasteiger partial charge in [-0.3, -0.25) is 14.4 Å². The maximum Gasteiger partial charge on any atom is 0.307 e. The fourth-order valence-corrected chi connectivity index (χ4v) is 3.87. The van der Waals surface area contributed by atoms with Gasteiger partial charge in [0.15, 0.2) is 0 Å². The Morgan fingerprint density at radius 3 is 2.29 bits per heavy atom. The fourth-order valence-electron chi connectivity index (χ4n) is 3.61. The van der Waals surface area contributed by atoms with Crippen LogP contribution in [0.25, 0.3) is 0 Å². The van der Waals surface area contributed by atoms with E-state index in [-0.39, 0.29) is 24.2 Å². The Hall–Kier alpha value is -2.74. The van der Waals surface area contributed by atoms with E-state index in [1.807, 2.05) is 12.1 Å². The summed E-state index contributed by atoms with van der Waals surface area (Å²) >= 11 is 3.36. The minimum atomic E-state index is -0.608. The smallest absolute Gasteiger partial charge is 0.307 e. The summed E-state index contributed by atoms with van der Waals surface area (Å²) in [4.78, 5) is 39.1. The van der Waals surface area contributed by atoms with E-state index in [0.29, 0.717) is 37.1 Å². The Morgan fingerprint density at radius 1 is 1.10 bits per heavy atom. The minimum Gasteiger partial charge on any atom is -0.469 e. The first-order valence-electron chi connectivity index (χ1n) is 10.0. The van der Waals surface area contributed by atoms with Crippen LogP contribution < -0.4 is 5.32 Å². The van der Waals surface area contributed by atoms with Gasteiger partial charge in [0.05, 0.1) is 19.6 Å². The summed E-state index contributed by atoms with van der Waals surface area (Å²) < 4.78 is 18.9. The van der Waals surface area contributed by atoms with Crippen molar-refractivity contribution in [2.45, 2.75) is 25.3 Å². The zero-order chi connectivity index (χ0) is 22.4. The molecule has 0 spiro atoms. The maximum atomic E-state index is 13.3. The van der Waals surface area contributed by atoms with E-state index in [4.69, 9.17) is 4.74 Å². The van der Waals surface area contributed by atoms with Crippen LogP contribution >= 0.6 is 15.9 Å². The van der Waals surface area contributed by atoms with E-state index < -0.39 is 17.8 Å². The molecule has 0 saturated carbocycles. The number of carbonyl (C=O) groups excluding carboxylic acids is 3. The van der Waals surface area contributed by atoms with Gasteiger partial charge in [0.2, 0.25) is 5.91 Å². The van der Waals surface area contributed by atoms with Crippen LogP contribution in [0.2, 0.25) is 0 Å². The van der Waals surface area contributed by atoms with Gasteiger partial charge in [0.25, 0.3) is 5.91 Å². The number of rotatable bonds is 6. The number of amides is 2. The van der Waals surface area contributed by atoms with Gasteiger partial charge in [0.1, 0.15) is 5.82 Å². The first-order chi connectivity index (χ1) is 14.9. The lowest BCUT2D eigenvalue weighted by molar-refractivity contribution is -0.141. The summed E-state index contributed by atoms with van der Waals surface area (Å²) in [5.41, 5.74) is 1.24. The predicted molar refractivity (Wildman–Crippen MR) is 117 cm³/mol. The number of carbonyl (C=O) groups is 3. The van der Waals surface area contributed by atoms with Gasteiger partial charge >= 0.3 is 5.97 Å². The minimum absolute atomic E-state index is 0.0469. The second-order valence-corrected chi connectivity index (χ2v) is 8.38. The molecule has 1 aliphatic heterocycles. The first-order valence-corrected chi connectivity index (χ1v) is 10.8. The van der Waals surface area contributed by atoms with Crippen LogP contribution in [0.5, 0.6) is 0 Å². The molecular weight excluding hydrogens is 467 g/mol. The molecule has 0 radical (unpaired) electrons. The van der Waals surface area contributed by atoms with E-state index >= 15 is 0 Å². The average molecular weight is 491 g/mol. The van der Waals surface area contributed by atoms with Crippen molar-refractivity contribution in [2.24, 2.45) is 5.92 Å². The Kier molecular flexibility index (Phi) is 7.79. The molecule has 2 aromatic rings. The van der Waals surface area contributed by atoms with Crippen molar-refractivity contribution in [3.05, 3.63) is 69.9 Å². The molecule has 164 valence electrons. The van der Waals surface area contributed by atoms with Crippen molar-refractivity contribution < 1.29 is 23.5 Å². The molecule has 1 atom stereocenters. The highest BCUT2D eigenvalue weighted by atomic mass is 79.9. The number of nitrogens with zero attached hydrogens (tertiary/aromatic N) is 1. The third-order valence-electron chi connectivity index (χ3n) is 5.43. The second-order valence-electron chi connectivity index (χ2n) is 7.47. The van der Waals surface area contributed by atoms with Crippen LogP contribution in [-0.4, -0.2) is 42.9 Å². The first kappa shape index (κ1) is 22.9. The summed E-state index contributed by atoms with van der Waals surface area (Å²) in [7, 11) is 1.28. The van der Waals surface area contributed by atoms with Crippen LogP contribution in [0.4, 0.5) is 4.39 Å². The molecule has 1 unspecified atom stereocenters. The SMILES string of the molecule is COC(=O)CC(NC(=O)C1CCN(C(=O)c2ccc(Br)cc2)CC1)c1ccc(F)cc1. The molecule has 1 saturated heterocycles. The van der Waals surface area contributed by atoms with Gasteiger partial charge in [-0.05, 0) is 54.8 Å². The molecular formula is C23H24BrFN2O4. The standard InChI is InChI=1S/C23H24BrFN2O4/c1-31-21(28)14-20(15-4-8-19(25)9-5-15)26-22(29)16-10-12-27(13-11-16)23(30)17-2-6-18(24)7-3-17/h2-9,16,20H,10-14H2,1H3,(H,26,29). The molecule has 0 aliphatic carbocycles. The molecule has 1 heterocycles. The normalized spacial score (nSPS) is 15.3. The highest BCUT2D eigenvalue weighted by Gasteiger charge is 2.30. The number of hydrogen-bond acceptors (Lipinski definition) is 4. The number of benzene rings is 2. The number of halogens is 2. The highest BCUT2D eigenvalue weighted by molar-refractivity contribution is 9.10. The maximum absolute atomic E-state index is 13.3. The largest absolute Gasteiger partial charge is 0.469 e. The Morgan fingerprint density at radius 2 is 1.71 bits per heavy atom. The van der Waals surface area contributed by atoms with Gasteiger partial charge < -0.3 is 15.0 Å². The summed E-state index contributed by atoms with van der Waals surface area (Å²) in [6.45, 7) is 0.955. The van der Waals surface area contributed by atoms with Crippen molar-refractivity contribution in [2.75, 3.05) is 20.2 Å². The summed E-state index contributed by atoms with van der Waals surface area (Å²) in [6.07, 6.45) is 1.01. The molecule has 1 N–H and O–H groups in total. The van der Waals surface area contributed by atoms with Gasteiger partial charge in [-0.15, -0.1) is 0 Å². The molecule has 1 fully saturated rings. The van der Waals surface area contributed by atoms with Crippen LogP contribution in [0, 0.1) is 11.7 Å². The van der Waals surface area contributed by atoms with E-state index in [0.717, 1.165) is 4.47 Å². The fraction of sp³-hybridized carbons (Fsp3) is 0.348. The lowest BCUT2D eigenvalue weighted by Gasteiger charge is -2.32. The quantitative estimate of drug-likeness (QED) is 0.623. The molecule has 0 bridgehead atoms. The highest BCUT2D eigenvalue weighted by Crippen LogP contribution is 2.23. The zero-order valence-corrected chi connectivity index (χ0v) is 18.7. The van der Waals surface area contributed by atoms with Gasteiger partial charge in [-0.2, -0.15) is 0 Å². The summed E-state index contributed by atoms with van der Waals surface area (Å²) in [5.74, 6) is -1.37. The molecule has 3 rings (SSSR count). The molecule has 2 aromatic carbocycles. The van der Waals surface area contributed by atoms with Crippen molar-refractivity contribution >= 4 is 33.7 Å². The van der Waals surface area contributed by atoms with Gasteiger partial charge in [-0.25, -0.2) is 4.39 Å². The zero-order valence-electron chi connectivity index (χ0n) is 17.1. The Labute approximate surface area is 188 Å². The van der Waals surface area contributed by atoms with Crippen LogP contribution in [0.15, 0.2) is 53.0 Å². The topological polar surface area (TPSA) is 75.7 Å². The average Bonchev–Trinajstić information content (AvgIpc) is 2.79. The number of esters is 1. The number of methoxy groups -OCH3 is 1. The van der Waals surface area contributed by atoms with Crippen molar-refractivity contribution in [3.8, 4) is 0 Å². The monoisotopic (exact) mass is 490 g/mol. The van der Waals surface area contributed by atoms with Crippen molar-refractivity contribution in [1.82, 2.24) is 10.2 Å². The third kappa shape index (κ3) is 6.13. The number of ether oxygens (including phenoxy) is 1. The summed E-state index contributed by atoms with van der Waals surface area (Å²) in [6, 6.07) is 12.2. The number of hydrogen-bond donors (Lipinski definition) is 1. The van der Waals surface area contributed by atoms with E-state index in [1.165, 1.54) is 19.2 Å². The molecule has 1 aliphatic rings. The molecule has 0 aromatic heterocycles. The second kappa shape index (κ2) is 10.5. The molecule has 8 heteroatoms. The van der Waals surface area contributed by atoms with Crippen LogP contribution in [0.3, 0.4) is 0 Å². The number of piperidine rings is 1. The van der Waals surface area contributed by atoms with E-state index in [9.17, 15) is 18.8 Å². The van der Waals surface area contributed by atoms with Crippen molar-refractivity contribution in [3.63, 3.8) is 0 Å². The van der Waals surface area contributed by atoms with Crippen LogP contribution in [0.1, 0.15) is 41.2 Å². The van der Waals surface area contributed by atoms with E-state index in [2.05, 4.69) is 21.2 Å². The van der Waals surface area contributed by atoms with Crippen molar-refractivity contribution in [1.29, 1.82) is 0 Å². The van der Waals surface area contributed by atoms with Crippen LogP contribution in [-0.2, 0) is 14.3 Å². The third-order valence-corrected chi connectivity index (χ3v) is 5.96. The lowest BCUT2D eigenvalue weighted by atomic mass is 9.94. The lowest BCUT2D eigenvalue weighted by Crippen LogP contribution is -2.44. The molecule has 31 heavy (non-hydrogen) atoms. The number of nitrogens with one attached hydrogen (secondary N) is 1. The predicted octanol–water partition coefficient (Wildman–Crippen LogP) is 3.86. The molecule has 2 amide bonds. The number of likely N-dealkylation sites (tertiary alicyclic amines) is 1. The van der Waals surface area contributed by atoms with Gasteiger partial charge in [-0.1, -0.05) is 28.1 Å². The van der Waals surface area contributed by atoms with E-state index in [1.54, 1.807) is 29.2 Å². The molecule has 6 nitrogen and oxygen atoms in total. The van der Waals surface area contributed by atoms with Gasteiger partial charge in [0, 0.05) is 29.0 Å².